The maximum atomic E-state index is 13.1. The van der Waals surface area contributed by atoms with Crippen LogP contribution >= 0.6 is 0 Å². The Morgan fingerprint density at radius 3 is 2.81 bits per heavy atom. The number of nitrogens with one attached hydrogen (secondary N) is 2. The number of amides is 2. The lowest BCUT2D eigenvalue weighted by molar-refractivity contribution is -0.116. The van der Waals surface area contributed by atoms with Crippen molar-refractivity contribution < 1.29 is 14.0 Å². The van der Waals surface area contributed by atoms with Crippen LogP contribution in [0, 0.1) is 5.82 Å². The molecule has 2 aromatic carbocycles. The number of fused-ring (bicyclic) bond motifs is 1. The molecule has 140 valence electrons. The van der Waals surface area contributed by atoms with Gasteiger partial charge in [0.15, 0.2) is 0 Å². The predicted octanol–water partition coefficient (Wildman–Crippen LogP) is 2.74. The summed E-state index contributed by atoms with van der Waals surface area (Å²) in [6.45, 7) is 2.99. The van der Waals surface area contributed by atoms with E-state index >= 15 is 0 Å². The van der Waals surface area contributed by atoms with Gasteiger partial charge in [-0.3, -0.25) is 9.59 Å². The van der Waals surface area contributed by atoms with Gasteiger partial charge in [-0.25, -0.2) is 9.07 Å². The molecule has 0 saturated heterocycles. The van der Waals surface area contributed by atoms with E-state index in [1.165, 1.54) is 18.2 Å². The molecular weight excluding hydrogens is 349 g/mol. The lowest BCUT2D eigenvalue weighted by Gasteiger charge is -2.07. The first kappa shape index (κ1) is 18.5. The van der Waals surface area contributed by atoms with Crippen LogP contribution in [0.1, 0.15) is 30.1 Å². The van der Waals surface area contributed by atoms with Crippen molar-refractivity contribution in [1.29, 1.82) is 0 Å². The van der Waals surface area contributed by atoms with E-state index in [9.17, 15) is 14.0 Å². The Labute approximate surface area is 155 Å². The van der Waals surface area contributed by atoms with Crippen molar-refractivity contribution in [2.24, 2.45) is 0 Å². The molecule has 8 heteroatoms. The van der Waals surface area contributed by atoms with Gasteiger partial charge in [-0.2, -0.15) is 0 Å². The van der Waals surface area contributed by atoms with E-state index in [-0.39, 0.29) is 24.8 Å². The van der Waals surface area contributed by atoms with Gasteiger partial charge in [-0.05, 0) is 42.8 Å². The van der Waals surface area contributed by atoms with Gasteiger partial charge in [0.2, 0.25) is 5.91 Å². The molecular formula is C19H20FN5O2. The molecule has 3 rings (SSSR count). The summed E-state index contributed by atoms with van der Waals surface area (Å²) >= 11 is 0. The fourth-order valence-corrected chi connectivity index (χ4v) is 2.67. The second kappa shape index (κ2) is 8.39. The standard InChI is InChI=1S/C19H20FN5O2/c1-2-10-25-17-7-6-13(11-16(17)23-24-25)19(27)21-9-8-18(26)22-15-5-3-4-14(20)12-15/h3-7,11-12H,2,8-10H2,1H3,(H,21,27)(H,22,26). The van der Waals surface area contributed by atoms with Crippen molar-refractivity contribution in [3.05, 3.63) is 53.8 Å². The van der Waals surface area contributed by atoms with Crippen molar-refractivity contribution in [3.8, 4) is 0 Å². The molecule has 2 N–H and O–H groups in total. The van der Waals surface area contributed by atoms with Crippen LogP contribution in [0.5, 0.6) is 0 Å². The highest BCUT2D eigenvalue weighted by atomic mass is 19.1. The summed E-state index contributed by atoms with van der Waals surface area (Å²) in [4.78, 5) is 24.1. The van der Waals surface area contributed by atoms with Crippen LogP contribution in [-0.2, 0) is 11.3 Å². The van der Waals surface area contributed by atoms with Crippen molar-refractivity contribution in [3.63, 3.8) is 0 Å². The zero-order chi connectivity index (χ0) is 19.2. The first-order valence-electron chi connectivity index (χ1n) is 8.73. The average molecular weight is 369 g/mol. The van der Waals surface area contributed by atoms with Gasteiger partial charge in [-0.15, -0.1) is 5.10 Å². The molecule has 0 unspecified atom stereocenters. The highest BCUT2D eigenvalue weighted by Gasteiger charge is 2.11. The number of anilines is 1. The Morgan fingerprint density at radius 2 is 2.04 bits per heavy atom. The second-order valence-corrected chi connectivity index (χ2v) is 6.08. The quantitative estimate of drug-likeness (QED) is 0.670. The fourth-order valence-electron chi connectivity index (χ4n) is 2.67. The maximum Gasteiger partial charge on any atom is 0.251 e. The summed E-state index contributed by atoms with van der Waals surface area (Å²) in [6.07, 6.45) is 1.02. The monoisotopic (exact) mass is 369 g/mol. The van der Waals surface area contributed by atoms with E-state index in [1.54, 1.807) is 22.9 Å². The molecule has 0 radical (unpaired) electrons. The van der Waals surface area contributed by atoms with Gasteiger partial charge >= 0.3 is 0 Å². The zero-order valence-corrected chi connectivity index (χ0v) is 14.9. The fraction of sp³-hybridized carbons (Fsp3) is 0.263. The third-order valence-corrected chi connectivity index (χ3v) is 3.96. The SMILES string of the molecule is CCCn1nnc2cc(C(=O)NCCC(=O)Nc3cccc(F)c3)ccc21. The number of hydrogen-bond donors (Lipinski definition) is 2. The highest BCUT2D eigenvalue weighted by molar-refractivity contribution is 5.97. The summed E-state index contributed by atoms with van der Waals surface area (Å²) in [5.74, 6) is -1.02. The topological polar surface area (TPSA) is 88.9 Å². The summed E-state index contributed by atoms with van der Waals surface area (Å²) in [5.41, 5.74) is 2.37. The molecule has 0 bridgehead atoms. The van der Waals surface area contributed by atoms with E-state index < -0.39 is 5.82 Å². The van der Waals surface area contributed by atoms with Crippen LogP contribution in [0.15, 0.2) is 42.5 Å². The Balaban J connectivity index is 1.53. The molecule has 3 aromatic rings. The molecule has 0 atom stereocenters. The molecule has 0 saturated carbocycles. The molecule has 1 heterocycles. The van der Waals surface area contributed by atoms with E-state index in [0.717, 1.165) is 18.5 Å². The number of benzene rings is 2. The molecule has 2 amide bonds. The maximum absolute atomic E-state index is 13.1. The van der Waals surface area contributed by atoms with Gasteiger partial charge < -0.3 is 10.6 Å². The number of nitrogens with zero attached hydrogens (tertiary/aromatic N) is 3. The molecule has 0 spiro atoms. The first-order chi connectivity index (χ1) is 13.1. The average Bonchev–Trinajstić information content (AvgIpc) is 3.04. The Bertz CT molecular complexity index is 970. The van der Waals surface area contributed by atoms with Crippen molar-refractivity contribution >= 4 is 28.5 Å². The lowest BCUT2D eigenvalue weighted by atomic mass is 10.2. The van der Waals surface area contributed by atoms with Crippen LogP contribution in [-0.4, -0.2) is 33.4 Å². The number of aromatic nitrogens is 3. The van der Waals surface area contributed by atoms with Gasteiger partial charge in [-0.1, -0.05) is 18.2 Å². The normalized spacial score (nSPS) is 10.7. The van der Waals surface area contributed by atoms with Gasteiger partial charge in [0.05, 0.1) is 5.52 Å². The zero-order valence-electron chi connectivity index (χ0n) is 14.9. The van der Waals surface area contributed by atoms with E-state index in [0.29, 0.717) is 16.8 Å². The molecule has 27 heavy (non-hydrogen) atoms. The number of carbonyl (C=O) groups excluding carboxylic acids is 2. The minimum absolute atomic E-state index is 0.0805. The van der Waals surface area contributed by atoms with Crippen LogP contribution in [0.25, 0.3) is 11.0 Å². The Morgan fingerprint density at radius 1 is 1.19 bits per heavy atom. The highest BCUT2D eigenvalue weighted by Crippen LogP contribution is 2.14. The predicted molar refractivity (Wildman–Crippen MR) is 99.8 cm³/mol. The van der Waals surface area contributed by atoms with Crippen molar-refractivity contribution in [2.45, 2.75) is 26.3 Å². The Hall–Kier alpha value is -3.29. The smallest absolute Gasteiger partial charge is 0.251 e. The van der Waals surface area contributed by atoms with Crippen molar-refractivity contribution in [1.82, 2.24) is 20.3 Å². The Kier molecular flexibility index (Phi) is 5.75. The molecule has 0 fully saturated rings. The lowest BCUT2D eigenvalue weighted by Crippen LogP contribution is -2.27. The van der Waals surface area contributed by atoms with Crippen LogP contribution in [0.2, 0.25) is 0 Å². The largest absolute Gasteiger partial charge is 0.352 e. The van der Waals surface area contributed by atoms with Crippen LogP contribution in [0.3, 0.4) is 0 Å². The minimum Gasteiger partial charge on any atom is -0.352 e. The van der Waals surface area contributed by atoms with E-state index in [2.05, 4.69) is 27.9 Å². The first-order valence-corrected chi connectivity index (χ1v) is 8.73. The minimum atomic E-state index is -0.424. The van der Waals surface area contributed by atoms with Crippen LogP contribution < -0.4 is 10.6 Å². The van der Waals surface area contributed by atoms with Gasteiger partial charge in [0, 0.05) is 30.8 Å². The number of halogens is 1. The third kappa shape index (κ3) is 4.66. The number of aryl methyl sites for hydroxylation is 1. The van der Waals surface area contributed by atoms with E-state index in [1.807, 2.05) is 6.07 Å². The van der Waals surface area contributed by atoms with Gasteiger partial charge in [0.25, 0.3) is 5.91 Å². The molecule has 0 aliphatic carbocycles. The van der Waals surface area contributed by atoms with E-state index in [4.69, 9.17) is 0 Å². The molecule has 7 nitrogen and oxygen atoms in total. The number of rotatable bonds is 7. The summed E-state index contributed by atoms with van der Waals surface area (Å²) in [7, 11) is 0. The summed E-state index contributed by atoms with van der Waals surface area (Å²) in [5, 5.41) is 13.4. The number of carbonyl (C=O) groups is 2. The summed E-state index contributed by atoms with van der Waals surface area (Å²) in [6, 6.07) is 10.8. The molecule has 0 aliphatic heterocycles. The molecule has 0 aliphatic rings. The van der Waals surface area contributed by atoms with Crippen molar-refractivity contribution in [2.75, 3.05) is 11.9 Å². The van der Waals surface area contributed by atoms with Crippen LogP contribution in [0.4, 0.5) is 10.1 Å². The summed E-state index contributed by atoms with van der Waals surface area (Å²) < 4.78 is 14.9. The second-order valence-electron chi connectivity index (χ2n) is 6.08. The number of hydrogen-bond acceptors (Lipinski definition) is 4. The van der Waals surface area contributed by atoms with Gasteiger partial charge in [0.1, 0.15) is 11.3 Å². The third-order valence-electron chi connectivity index (χ3n) is 3.96. The molecule has 1 aromatic heterocycles.